The molecule has 3 aromatic rings. The van der Waals surface area contributed by atoms with Gasteiger partial charge in [0.1, 0.15) is 17.3 Å². The van der Waals surface area contributed by atoms with Crippen LogP contribution in [0.1, 0.15) is 17.2 Å². The highest BCUT2D eigenvalue weighted by atomic mass is 16.5. The predicted molar refractivity (Wildman–Crippen MR) is 119 cm³/mol. The van der Waals surface area contributed by atoms with Crippen LogP contribution in [0.3, 0.4) is 0 Å². The van der Waals surface area contributed by atoms with E-state index in [9.17, 15) is 14.7 Å². The highest BCUT2D eigenvalue weighted by molar-refractivity contribution is 6.46. The molecule has 2 heterocycles. The van der Waals surface area contributed by atoms with Crippen molar-refractivity contribution in [3.63, 3.8) is 0 Å². The lowest BCUT2D eigenvalue weighted by molar-refractivity contribution is -0.140. The molecule has 2 aromatic carbocycles. The highest BCUT2D eigenvalue weighted by Gasteiger charge is 2.47. The van der Waals surface area contributed by atoms with E-state index in [1.807, 2.05) is 24.3 Å². The van der Waals surface area contributed by atoms with Gasteiger partial charge in [-0.25, -0.2) is 0 Å². The third kappa shape index (κ3) is 3.48. The van der Waals surface area contributed by atoms with Crippen molar-refractivity contribution >= 4 is 28.4 Å². The highest BCUT2D eigenvalue weighted by Crippen LogP contribution is 2.43. The molecule has 2 N–H and O–H groups in total. The predicted octanol–water partition coefficient (Wildman–Crippen LogP) is 3.25. The number of likely N-dealkylation sites (tertiary alicyclic amines) is 1. The number of aliphatic hydroxyl groups is 1. The Labute approximate surface area is 185 Å². The molecule has 8 heteroatoms. The quantitative estimate of drug-likeness (QED) is 0.335. The summed E-state index contributed by atoms with van der Waals surface area (Å²) in [5.74, 6) is -0.956. The van der Waals surface area contributed by atoms with Crippen LogP contribution in [0.25, 0.3) is 16.7 Å². The molecule has 0 spiro atoms. The largest absolute Gasteiger partial charge is 0.507 e. The SMILES string of the molecule is COCCN1C(=O)C(=O)/C(=C(/O)c2cc(OC)ccc2OC)C1c1c[nH]c2ccccc12. The number of nitrogens with zero attached hydrogens (tertiary/aromatic N) is 1. The molecule has 8 nitrogen and oxygen atoms in total. The number of H-pyrrole nitrogens is 1. The first-order valence-electron chi connectivity index (χ1n) is 10.1. The zero-order chi connectivity index (χ0) is 22.8. The minimum Gasteiger partial charge on any atom is -0.507 e. The average molecular weight is 436 g/mol. The zero-order valence-electron chi connectivity index (χ0n) is 18.0. The van der Waals surface area contributed by atoms with E-state index in [0.717, 1.165) is 10.9 Å². The van der Waals surface area contributed by atoms with Gasteiger partial charge in [-0.3, -0.25) is 9.59 Å². The Morgan fingerprint density at radius 2 is 1.88 bits per heavy atom. The van der Waals surface area contributed by atoms with Gasteiger partial charge in [0.15, 0.2) is 0 Å². The number of ether oxygens (including phenoxy) is 3. The summed E-state index contributed by atoms with van der Waals surface area (Å²) in [6.45, 7) is 0.436. The molecule has 0 radical (unpaired) electrons. The number of hydrogen-bond donors (Lipinski definition) is 2. The van der Waals surface area contributed by atoms with E-state index in [4.69, 9.17) is 14.2 Å². The Balaban J connectivity index is 1.96. The van der Waals surface area contributed by atoms with E-state index in [1.54, 1.807) is 24.4 Å². The molecule has 4 rings (SSSR count). The van der Waals surface area contributed by atoms with Crippen LogP contribution in [0.4, 0.5) is 0 Å². The van der Waals surface area contributed by atoms with Crippen molar-refractivity contribution in [2.24, 2.45) is 0 Å². The second-order valence-electron chi connectivity index (χ2n) is 7.34. The summed E-state index contributed by atoms with van der Waals surface area (Å²) < 4.78 is 15.8. The minimum absolute atomic E-state index is 0.0117. The molecule has 1 amide bonds. The molecular formula is C24H24N2O6. The molecular weight excluding hydrogens is 412 g/mol. The maximum atomic E-state index is 13.2. The number of benzene rings is 2. The van der Waals surface area contributed by atoms with E-state index < -0.39 is 17.7 Å². The number of aliphatic hydroxyl groups excluding tert-OH is 1. The zero-order valence-corrected chi connectivity index (χ0v) is 18.0. The van der Waals surface area contributed by atoms with Crippen LogP contribution in [0.5, 0.6) is 11.5 Å². The summed E-state index contributed by atoms with van der Waals surface area (Å²) in [4.78, 5) is 30.8. The van der Waals surface area contributed by atoms with Crippen LogP contribution in [-0.2, 0) is 14.3 Å². The first-order chi connectivity index (χ1) is 15.5. The number of amides is 1. The van der Waals surface area contributed by atoms with Gasteiger partial charge in [-0.1, -0.05) is 18.2 Å². The number of fused-ring (bicyclic) bond motifs is 1. The molecule has 32 heavy (non-hydrogen) atoms. The maximum Gasteiger partial charge on any atom is 0.295 e. The molecule has 0 bridgehead atoms. The van der Waals surface area contributed by atoms with Gasteiger partial charge in [0.2, 0.25) is 0 Å². The van der Waals surface area contributed by atoms with Crippen molar-refractivity contribution < 1.29 is 28.9 Å². The molecule has 1 aliphatic rings. The molecule has 1 aromatic heterocycles. The fourth-order valence-corrected chi connectivity index (χ4v) is 4.09. The Kier molecular flexibility index (Phi) is 5.87. The number of aromatic nitrogens is 1. The van der Waals surface area contributed by atoms with Gasteiger partial charge in [-0.05, 0) is 24.3 Å². The molecule has 1 unspecified atom stereocenters. The topological polar surface area (TPSA) is 101 Å². The molecule has 1 fully saturated rings. The lowest BCUT2D eigenvalue weighted by Gasteiger charge is -2.24. The number of aromatic amines is 1. The van der Waals surface area contributed by atoms with E-state index in [-0.39, 0.29) is 30.0 Å². The summed E-state index contributed by atoms with van der Waals surface area (Å²) in [5.41, 5.74) is 1.82. The first-order valence-corrected chi connectivity index (χ1v) is 10.1. The van der Waals surface area contributed by atoms with Crippen molar-refractivity contribution in [1.29, 1.82) is 0 Å². The number of carbonyl (C=O) groups is 2. The minimum atomic E-state index is -0.794. The fourth-order valence-electron chi connectivity index (χ4n) is 4.09. The van der Waals surface area contributed by atoms with Gasteiger partial charge < -0.3 is 29.2 Å². The van der Waals surface area contributed by atoms with Crippen LogP contribution in [0.15, 0.2) is 54.2 Å². The Hall–Kier alpha value is -3.78. The normalized spacial score (nSPS) is 17.8. The lowest BCUT2D eigenvalue weighted by atomic mass is 9.94. The number of carbonyl (C=O) groups excluding carboxylic acids is 2. The van der Waals surface area contributed by atoms with Crippen molar-refractivity contribution in [2.75, 3.05) is 34.5 Å². The van der Waals surface area contributed by atoms with Crippen LogP contribution in [-0.4, -0.2) is 61.2 Å². The van der Waals surface area contributed by atoms with Gasteiger partial charge >= 0.3 is 0 Å². The van der Waals surface area contributed by atoms with Gasteiger partial charge in [-0.2, -0.15) is 0 Å². The summed E-state index contributed by atoms with van der Waals surface area (Å²) >= 11 is 0. The summed E-state index contributed by atoms with van der Waals surface area (Å²) in [5, 5.41) is 12.2. The fraction of sp³-hybridized carbons (Fsp3) is 0.250. The van der Waals surface area contributed by atoms with E-state index in [0.29, 0.717) is 17.1 Å². The van der Waals surface area contributed by atoms with Crippen molar-refractivity contribution in [3.8, 4) is 11.5 Å². The van der Waals surface area contributed by atoms with Gasteiger partial charge in [0.25, 0.3) is 11.7 Å². The van der Waals surface area contributed by atoms with Gasteiger partial charge in [0.05, 0.1) is 38.0 Å². The van der Waals surface area contributed by atoms with E-state index >= 15 is 0 Å². The molecule has 0 aliphatic carbocycles. The lowest BCUT2D eigenvalue weighted by Crippen LogP contribution is -2.32. The number of rotatable bonds is 7. The number of para-hydroxylation sites is 1. The summed E-state index contributed by atoms with van der Waals surface area (Å²) in [7, 11) is 4.49. The molecule has 166 valence electrons. The van der Waals surface area contributed by atoms with Crippen LogP contribution in [0.2, 0.25) is 0 Å². The van der Waals surface area contributed by atoms with Crippen molar-refractivity contribution in [2.45, 2.75) is 6.04 Å². The average Bonchev–Trinajstić information content (AvgIpc) is 3.35. The van der Waals surface area contributed by atoms with Crippen molar-refractivity contribution in [1.82, 2.24) is 9.88 Å². The molecule has 1 aliphatic heterocycles. The second-order valence-corrected chi connectivity index (χ2v) is 7.34. The Morgan fingerprint density at radius 1 is 1.09 bits per heavy atom. The van der Waals surface area contributed by atoms with Crippen LogP contribution < -0.4 is 9.47 Å². The molecule has 1 atom stereocenters. The van der Waals surface area contributed by atoms with Crippen LogP contribution >= 0.6 is 0 Å². The molecule has 0 saturated carbocycles. The van der Waals surface area contributed by atoms with Gasteiger partial charge in [-0.15, -0.1) is 0 Å². The smallest absolute Gasteiger partial charge is 0.295 e. The third-order valence-corrected chi connectivity index (χ3v) is 5.65. The monoisotopic (exact) mass is 436 g/mol. The molecule has 1 saturated heterocycles. The number of nitrogens with one attached hydrogen (secondary N) is 1. The number of methoxy groups -OCH3 is 3. The number of ketones is 1. The van der Waals surface area contributed by atoms with Crippen LogP contribution in [0, 0.1) is 0 Å². The van der Waals surface area contributed by atoms with E-state index in [1.165, 1.54) is 26.2 Å². The number of hydrogen-bond acceptors (Lipinski definition) is 6. The van der Waals surface area contributed by atoms with Crippen molar-refractivity contribution in [3.05, 3.63) is 65.4 Å². The van der Waals surface area contributed by atoms with E-state index in [2.05, 4.69) is 4.98 Å². The standard InChI is InChI=1S/C24H24N2O6/c1-30-11-10-26-21(17-13-25-18-7-5-4-6-15(17)18)20(23(28)24(26)29)22(27)16-12-14(31-2)8-9-19(16)32-3/h4-9,12-13,21,25,27H,10-11H2,1-3H3/b22-20+. The summed E-state index contributed by atoms with van der Waals surface area (Å²) in [6.07, 6.45) is 1.76. The maximum absolute atomic E-state index is 13.2. The third-order valence-electron chi connectivity index (χ3n) is 5.65. The first kappa shape index (κ1) is 21.5. The Bertz CT molecular complexity index is 1210. The Morgan fingerprint density at radius 3 is 2.59 bits per heavy atom. The second kappa shape index (κ2) is 8.76. The van der Waals surface area contributed by atoms with Gasteiger partial charge in [0, 0.05) is 36.3 Å². The number of Topliss-reactive ketones (excluding diaryl/α,β-unsaturated/α-hetero) is 1. The summed E-state index contributed by atoms with van der Waals surface area (Å²) in [6, 6.07) is 11.7.